The zero-order chi connectivity index (χ0) is 12.0. The standard InChI is InChI=1S/C13H14O4/c1-7-8-3-2-4-9(14)12(8)17-10-5-6-16-13(15)11(7)10/h5-6,9,12,14H,2-4H2,1H3. The highest BCUT2D eigenvalue weighted by Gasteiger charge is 2.35. The van der Waals surface area contributed by atoms with Crippen molar-refractivity contribution >= 4 is 5.57 Å². The number of aliphatic hydroxyl groups is 1. The first-order valence-corrected chi connectivity index (χ1v) is 5.85. The first-order chi connectivity index (χ1) is 8.18. The van der Waals surface area contributed by atoms with Crippen molar-refractivity contribution in [1.29, 1.82) is 0 Å². The molecule has 4 heteroatoms. The fourth-order valence-corrected chi connectivity index (χ4v) is 2.71. The van der Waals surface area contributed by atoms with Gasteiger partial charge in [-0.3, -0.25) is 0 Å². The maximum atomic E-state index is 11.7. The normalized spacial score (nSPS) is 27.2. The van der Waals surface area contributed by atoms with Crippen molar-refractivity contribution in [3.63, 3.8) is 0 Å². The van der Waals surface area contributed by atoms with Crippen molar-refractivity contribution in [2.45, 2.75) is 38.4 Å². The number of allylic oxidation sites excluding steroid dienone is 1. The molecule has 1 saturated carbocycles. The Labute approximate surface area is 98.5 Å². The molecule has 0 amide bonds. The average Bonchev–Trinajstić information content (AvgIpc) is 2.31. The first-order valence-electron chi connectivity index (χ1n) is 5.85. The summed E-state index contributed by atoms with van der Waals surface area (Å²) < 4.78 is 10.6. The van der Waals surface area contributed by atoms with Crippen molar-refractivity contribution in [2.75, 3.05) is 0 Å². The summed E-state index contributed by atoms with van der Waals surface area (Å²) in [4.78, 5) is 11.7. The quantitative estimate of drug-likeness (QED) is 0.742. The maximum Gasteiger partial charge on any atom is 0.347 e. The van der Waals surface area contributed by atoms with Crippen molar-refractivity contribution < 1.29 is 14.3 Å². The molecule has 1 fully saturated rings. The third-order valence-corrected chi connectivity index (χ3v) is 3.59. The van der Waals surface area contributed by atoms with Gasteiger partial charge in [-0.2, -0.15) is 0 Å². The number of hydrogen-bond donors (Lipinski definition) is 1. The van der Waals surface area contributed by atoms with E-state index in [-0.39, 0.29) is 11.7 Å². The Kier molecular flexibility index (Phi) is 2.33. The smallest absolute Gasteiger partial charge is 0.347 e. The van der Waals surface area contributed by atoms with E-state index in [9.17, 15) is 9.90 Å². The second-order valence-corrected chi connectivity index (χ2v) is 4.60. The third kappa shape index (κ3) is 1.52. The van der Waals surface area contributed by atoms with Crippen LogP contribution in [-0.4, -0.2) is 17.3 Å². The molecule has 17 heavy (non-hydrogen) atoms. The molecule has 1 aromatic rings. The maximum absolute atomic E-state index is 11.7. The van der Waals surface area contributed by atoms with Crippen molar-refractivity contribution in [2.24, 2.45) is 0 Å². The topological polar surface area (TPSA) is 59.7 Å². The molecule has 1 aliphatic carbocycles. The Balaban J connectivity index is 2.19. The summed E-state index contributed by atoms with van der Waals surface area (Å²) in [5.41, 5.74) is 2.08. The van der Waals surface area contributed by atoms with Crippen molar-refractivity contribution in [3.8, 4) is 5.75 Å². The van der Waals surface area contributed by atoms with E-state index in [2.05, 4.69) is 0 Å². The van der Waals surface area contributed by atoms with Crippen LogP contribution in [0.3, 0.4) is 0 Å². The number of fused-ring (bicyclic) bond motifs is 2. The van der Waals surface area contributed by atoms with Crippen LogP contribution in [0.5, 0.6) is 5.75 Å². The summed E-state index contributed by atoms with van der Waals surface area (Å²) in [5, 5.41) is 9.96. The lowest BCUT2D eigenvalue weighted by atomic mass is 9.83. The highest BCUT2D eigenvalue weighted by Crippen LogP contribution is 2.39. The van der Waals surface area contributed by atoms with Crippen LogP contribution in [0.2, 0.25) is 0 Å². The molecule has 1 N–H and O–H groups in total. The molecule has 2 aliphatic rings. The second-order valence-electron chi connectivity index (χ2n) is 4.60. The molecule has 90 valence electrons. The van der Waals surface area contributed by atoms with Gasteiger partial charge in [-0.25, -0.2) is 4.79 Å². The zero-order valence-corrected chi connectivity index (χ0v) is 9.60. The van der Waals surface area contributed by atoms with Crippen LogP contribution in [0.25, 0.3) is 5.57 Å². The number of hydrogen-bond acceptors (Lipinski definition) is 4. The Bertz CT molecular complexity index is 541. The molecular weight excluding hydrogens is 220 g/mol. The summed E-state index contributed by atoms with van der Waals surface area (Å²) in [5.74, 6) is 0.522. The lowest BCUT2D eigenvalue weighted by molar-refractivity contribution is 0.0339. The van der Waals surface area contributed by atoms with Gasteiger partial charge in [0.15, 0.2) is 0 Å². The molecular formula is C13H14O4. The molecule has 0 spiro atoms. The predicted octanol–water partition coefficient (Wildman–Crippen LogP) is 1.72. The molecule has 1 aliphatic heterocycles. The minimum Gasteiger partial charge on any atom is -0.482 e. The lowest BCUT2D eigenvalue weighted by Crippen LogP contribution is -2.39. The molecule has 0 bridgehead atoms. The predicted molar refractivity (Wildman–Crippen MR) is 61.8 cm³/mol. The molecule has 1 aromatic heterocycles. The van der Waals surface area contributed by atoms with Gasteiger partial charge in [0.2, 0.25) is 0 Å². The van der Waals surface area contributed by atoms with Crippen LogP contribution in [0.15, 0.2) is 27.1 Å². The molecule has 0 saturated heterocycles. The van der Waals surface area contributed by atoms with Crippen LogP contribution in [0, 0.1) is 0 Å². The molecule has 3 rings (SSSR count). The van der Waals surface area contributed by atoms with Crippen LogP contribution in [0.1, 0.15) is 31.7 Å². The average molecular weight is 234 g/mol. The minimum absolute atomic E-state index is 0.293. The van der Waals surface area contributed by atoms with Crippen LogP contribution in [0.4, 0.5) is 0 Å². The van der Waals surface area contributed by atoms with Gasteiger partial charge >= 0.3 is 5.63 Å². The van der Waals surface area contributed by atoms with Crippen LogP contribution < -0.4 is 10.4 Å². The van der Waals surface area contributed by atoms with Gasteiger partial charge in [-0.15, -0.1) is 0 Å². The van der Waals surface area contributed by atoms with Gasteiger partial charge in [0.25, 0.3) is 0 Å². The molecule has 4 nitrogen and oxygen atoms in total. The van der Waals surface area contributed by atoms with Gasteiger partial charge in [-0.1, -0.05) is 0 Å². The summed E-state index contributed by atoms with van der Waals surface area (Å²) in [7, 11) is 0. The summed E-state index contributed by atoms with van der Waals surface area (Å²) >= 11 is 0. The van der Waals surface area contributed by atoms with Gasteiger partial charge in [0.1, 0.15) is 17.4 Å². The van der Waals surface area contributed by atoms with Gasteiger partial charge in [0, 0.05) is 6.07 Å². The molecule has 2 unspecified atom stereocenters. The lowest BCUT2D eigenvalue weighted by Gasteiger charge is -2.35. The van der Waals surface area contributed by atoms with Crippen LogP contribution in [-0.2, 0) is 0 Å². The highest BCUT2D eigenvalue weighted by molar-refractivity contribution is 5.73. The largest absolute Gasteiger partial charge is 0.482 e. The van der Waals surface area contributed by atoms with Gasteiger partial charge in [0.05, 0.1) is 12.4 Å². The fraction of sp³-hybridized carbons (Fsp3) is 0.462. The fourth-order valence-electron chi connectivity index (χ4n) is 2.71. The van der Waals surface area contributed by atoms with Gasteiger partial charge in [-0.05, 0) is 37.3 Å². The van der Waals surface area contributed by atoms with E-state index in [1.54, 1.807) is 6.07 Å². The van der Waals surface area contributed by atoms with E-state index in [1.807, 2.05) is 6.92 Å². The molecule has 0 aromatic carbocycles. The van der Waals surface area contributed by atoms with E-state index < -0.39 is 6.10 Å². The number of ether oxygens (including phenoxy) is 1. The number of aliphatic hydroxyl groups excluding tert-OH is 1. The van der Waals surface area contributed by atoms with E-state index in [4.69, 9.17) is 9.15 Å². The third-order valence-electron chi connectivity index (χ3n) is 3.59. The van der Waals surface area contributed by atoms with E-state index >= 15 is 0 Å². The SMILES string of the molecule is CC1=C2CCCC(O)C2Oc2ccoc(=O)c21. The number of rotatable bonds is 0. The van der Waals surface area contributed by atoms with E-state index in [1.165, 1.54) is 6.26 Å². The Morgan fingerprint density at radius 2 is 2.29 bits per heavy atom. The minimum atomic E-state index is -0.478. The van der Waals surface area contributed by atoms with E-state index in [0.29, 0.717) is 11.3 Å². The Morgan fingerprint density at radius 3 is 3.12 bits per heavy atom. The Morgan fingerprint density at radius 1 is 1.47 bits per heavy atom. The molecule has 2 atom stereocenters. The summed E-state index contributed by atoms with van der Waals surface area (Å²) in [6.07, 6.45) is 3.11. The summed E-state index contributed by atoms with van der Waals surface area (Å²) in [6.45, 7) is 1.90. The van der Waals surface area contributed by atoms with Crippen molar-refractivity contribution in [1.82, 2.24) is 0 Å². The molecule has 0 radical (unpaired) electrons. The Hall–Kier alpha value is -1.55. The van der Waals surface area contributed by atoms with Crippen molar-refractivity contribution in [3.05, 3.63) is 33.9 Å². The molecule has 2 heterocycles. The zero-order valence-electron chi connectivity index (χ0n) is 9.60. The van der Waals surface area contributed by atoms with Crippen LogP contribution >= 0.6 is 0 Å². The van der Waals surface area contributed by atoms with E-state index in [0.717, 1.165) is 30.4 Å². The second kappa shape index (κ2) is 3.74. The highest BCUT2D eigenvalue weighted by atomic mass is 16.5. The first kappa shape index (κ1) is 10.6. The summed E-state index contributed by atoms with van der Waals surface area (Å²) in [6, 6.07) is 1.64. The monoisotopic (exact) mass is 234 g/mol. The van der Waals surface area contributed by atoms with Gasteiger partial charge < -0.3 is 14.3 Å².